The van der Waals surface area contributed by atoms with Crippen LogP contribution >= 0.6 is 0 Å². The van der Waals surface area contributed by atoms with Crippen LogP contribution in [0.4, 0.5) is 0 Å². The molecule has 0 bridgehead atoms. The second-order valence-corrected chi connectivity index (χ2v) is 9.19. The van der Waals surface area contributed by atoms with Crippen molar-refractivity contribution in [3.63, 3.8) is 0 Å². The highest BCUT2D eigenvalue weighted by Crippen LogP contribution is 1.95. The summed E-state index contributed by atoms with van der Waals surface area (Å²) in [5.41, 5.74) is 3.12. The van der Waals surface area contributed by atoms with Gasteiger partial charge in [0.1, 0.15) is 8.07 Å². The van der Waals surface area contributed by atoms with Crippen LogP contribution in [0.1, 0.15) is 6.92 Å². The second-order valence-electron chi connectivity index (χ2n) is 4.44. The summed E-state index contributed by atoms with van der Waals surface area (Å²) in [5, 5.41) is 8.84. The van der Waals surface area contributed by atoms with Gasteiger partial charge in [-0.1, -0.05) is 31.6 Å². The van der Waals surface area contributed by atoms with E-state index >= 15 is 0 Å². The molecule has 0 rings (SSSR count). The van der Waals surface area contributed by atoms with Gasteiger partial charge < -0.3 is 5.11 Å². The van der Waals surface area contributed by atoms with Crippen LogP contribution in [-0.2, 0) is 0 Å². The molecule has 0 aromatic carbocycles. The van der Waals surface area contributed by atoms with Gasteiger partial charge in [-0.2, -0.15) is 0 Å². The Morgan fingerprint density at radius 3 is 2.06 bits per heavy atom. The zero-order valence-corrected chi connectivity index (χ0v) is 12.2. The van der Waals surface area contributed by atoms with Crippen molar-refractivity contribution in [1.82, 2.24) is 0 Å². The zero-order valence-electron chi connectivity index (χ0n) is 11.2. The van der Waals surface area contributed by atoms with Crippen molar-refractivity contribution in [3.05, 3.63) is 24.0 Å². The molecule has 0 aliphatic carbocycles. The quantitative estimate of drug-likeness (QED) is 0.329. The highest BCUT2D eigenvalue weighted by atomic mass is 28.3. The van der Waals surface area contributed by atoms with Gasteiger partial charge in [0.2, 0.25) is 0 Å². The first-order chi connectivity index (χ1) is 8.42. The van der Waals surface area contributed by atoms with Crippen LogP contribution in [-0.4, -0.2) is 13.2 Å². The fourth-order valence-electron chi connectivity index (χ4n) is 0.657. The molecule has 0 aliphatic heterocycles. The lowest BCUT2D eigenvalue weighted by Crippen LogP contribution is -2.16. The number of hydrogen-bond acceptors (Lipinski definition) is 1. The molecule has 0 aromatic heterocycles. The predicted molar refractivity (Wildman–Crippen MR) is 80.0 cm³/mol. The molecule has 0 radical (unpaired) electrons. The third kappa shape index (κ3) is 13.7. The number of rotatable bonds is 1. The van der Waals surface area contributed by atoms with E-state index in [4.69, 9.17) is 5.11 Å². The standard InChI is InChI=1S/C16H16OSi/c1-16(17)14-12-10-8-6-5-7-9-11-13-15-18(2,3)4/h10,12,14,17H,1-4H3/b12-10+,16-14+. The Hall–Kier alpha value is -2.26. The molecule has 0 aromatic rings. The van der Waals surface area contributed by atoms with Gasteiger partial charge in [-0.3, -0.25) is 0 Å². The normalized spacial score (nSPS) is 9.89. The fourth-order valence-corrected chi connectivity index (χ4v) is 1.09. The minimum absolute atomic E-state index is 0.242. The summed E-state index contributed by atoms with van der Waals surface area (Å²) in [6.45, 7) is 8.07. The Labute approximate surface area is 111 Å². The van der Waals surface area contributed by atoms with Gasteiger partial charge in [0.25, 0.3) is 0 Å². The van der Waals surface area contributed by atoms with Crippen LogP contribution in [0.3, 0.4) is 0 Å². The van der Waals surface area contributed by atoms with Crippen molar-refractivity contribution in [2.24, 2.45) is 0 Å². The smallest absolute Gasteiger partial charge is 0.130 e. The summed E-state index contributed by atoms with van der Waals surface area (Å²) in [6, 6.07) is 0. The summed E-state index contributed by atoms with van der Waals surface area (Å²) in [5.74, 6) is 18.9. The Morgan fingerprint density at radius 1 is 0.944 bits per heavy atom. The predicted octanol–water partition coefficient (Wildman–Crippen LogP) is 2.90. The van der Waals surface area contributed by atoms with Gasteiger partial charge in [0.15, 0.2) is 0 Å². The molecule has 2 heteroatoms. The molecule has 0 heterocycles. The minimum atomic E-state index is -1.33. The highest BCUT2D eigenvalue weighted by molar-refractivity contribution is 6.83. The van der Waals surface area contributed by atoms with Crippen molar-refractivity contribution >= 4 is 8.07 Å². The van der Waals surface area contributed by atoms with Crippen LogP contribution in [0.5, 0.6) is 0 Å². The Kier molecular flexibility index (Phi) is 7.73. The molecule has 0 fully saturated rings. The van der Waals surface area contributed by atoms with Crippen LogP contribution < -0.4 is 0 Å². The maximum Gasteiger partial charge on any atom is 0.130 e. The van der Waals surface area contributed by atoms with E-state index < -0.39 is 8.07 Å². The van der Waals surface area contributed by atoms with Crippen molar-refractivity contribution in [2.45, 2.75) is 26.6 Å². The Balaban J connectivity index is 4.27. The number of hydrogen-bond donors (Lipinski definition) is 1. The molecule has 0 unspecified atom stereocenters. The molecule has 0 aliphatic rings. The SMILES string of the molecule is C/C(O)=C\C=C\C#CC#CC#CC#C[Si](C)(C)C. The summed E-state index contributed by atoms with van der Waals surface area (Å²) < 4.78 is 0. The molecular formula is C16H16OSi. The molecule has 90 valence electrons. The summed E-state index contributed by atoms with van der Waals surface area (Å²) in [6.07, 6.45) is 4.80. The van der Waals surface area contributed by atoms with Crippen LogP contribution in [0.15, 0.2) is 24.0 Å². The average molecular weight is 252 g/mol. The lowest BCUT2D eigenvalue weighted by atomic mass is 10.4. The van der Waals surface area contributed by atoms with Crippen molar-refractivity contribution in [1.29, 1.82) is 0 Å². The fraction of sp³-hybridized carbons (Fsp3) is 0.250. The van der Waals surface area contributed by atoms with E-state index in [0.29, 0.717) is 0 Å². The van der Waals surface area contributed by atoms with Gasteiger partial charge >= 0.3 is 0 Å². The molecule has 18 heavy (non-hydrogen) atoms. The van der Waals surface area contributed by atoms with E-state index in [-0.39, 0.29) is 5.76 Å². The molecule has 1 N–H and O–H groups in total. The van der Waals surface area contributed by atoms with Gasteiger partial charge in [-0.05, 0) is 54.6 Å². The third-order valence-electron chi connectivity index (χ3n) is 1.34. The monoisotopic (exact) mass is 252 g/mol. The van der Waals surface area contributed by atoms with E-state index in [9.17, 15) is 0 Å². The average Bonchev–Trinajstić information content (AvgIpc) is 2.24. The topological polar surface area (TPSA) is 20.2 Å². The number of allylic oxidation sites excluding steroid dienone is 4. The Bertz CT molecular complexity index is 566. The van der Waals surface area contributed by atoms with E-state index in [1.165, 1.54) is 0 Å². The molecule has 0 amide bonds. The summed E-state index contributed by atoms with van der Waals surface area (Å²) >= 11 is 0. The number of aliphatic hydroxyl groups excluding tert-OH is 1. The van der Waals surface area contributed by atoms with E-state index in [2.05, 4.69) is 66.6 Å². The lowest BCUT2D eigenvalue weighted by molar-refractivity contribution is 0.414. The van der Waals surface area contributed by atoms with E-state index in [1.807, 2.05) is 0 Å². The Morgan fingerprint density at radius 2 is 1.50 bits per heavy atom. The van der Waals surface area contributed by atoms with E-state index in [0.717, 1.165) is 0 Å². The van der Waals surface area contributed by atoms with Crippen molar-refractivity contribution in [3.8, 4) is 47.0 Å². The molecular weight excluding hydrogens is 236 g/mol. The van der Waals surface area contributed by atoms with Gasteiger partial charge in [-0.15, -0.1) is 5.54 Å². The number of aliphatic hydroxyl groups is 1. The van der Waals surface area contributed by atoms with Gasteiger partial charge in [-0.25, -0.2) is 0 Å². The van der Waals surface area contributed by atoms with E-state index in [1.54, 1.807) is 25.2 Å². The zero-order chi connectivity index (χ0) is 13.9. The molecule has 0 spiro atoms. The van der Waals surface area contributed by atoms with Crippen molar-refractivity contribution in [2.75, 3.05) is 0 Å². The first-order valence-electron chi connectivity index (χ1n) is 5.47. The molecule has 0 atom stereocenters. The maximum atomic E-state index is 8.84. The highest BCUT2D eigenvalue weighted by Gasteiger charge is 2.06. The maximum absolute atomic E-state index is 8.84. The molecule has 1 nitrogen and oxygen atoms in total. The van der Waals surface area contributed by atoms with Gasteiger partial charge in [0, 0.05) is 0 Å². The van der Waals surface area contributed by atoms with Crippen LogP contribution in [0.25, 0.3) is 0 Å². The van der Waals surface area contributed by atoms with Crippen LogP contribution in [0.2, 0.25) is 19.6 Å². The summed E-state index contributed by atoms with van der Waals surface area (Å²) in [7, 11) is -1.33. The van der Waals surface area contributed by atoms with Gasteiger partial charge in [0.05, 0.1) is 5.76 Å². The minimum Gasteiger partial charge on any atom is -0.513 e. The molecule has 0 saturated carbocycles. The largest absolute Gasteiger partial charge is 0.513 e. The summed E-state index contributed by atoms with van der Waals surface area (Å²) in [4.78, 5) is 0. The first-order valence-corrected chi connectivity index (χ1v) is 8.97. The first kappa shape index (κ1) is 15.7. The third-order valence-corrected chi connectivity index (χ3v) is 2.21. The second kappa shape index (κ2) is 8.84. The molecule has 0 saturated heterocycles. The lowest BCUT2D eigenvalue weighted by Gasteiger charge is -2.01. The van der Waals surface area contributed by atoms with Crippen molar-refractivity contribution < 1.29 is 5.11 Å². The van der Waals surface area contributed by atoms with Crippen LogP contribution in [0, 0.1) is 47.0 Å².